The van der Waals surface area contributed by atoms with Gasteiger partial charge in [0.2, 0.25) is 0 Å². The van der Waals surface area contributed by atoms with Gasteiger partial charge in [-0.2, -0.15) is 0 Å². The maximum Gasteiger partial charge on any atom is 0.278 e. The van der Waals surface area contributed by atoms with Crippen LogP contribution in [0.4, 0.5) is 11.4 Å². The number of pyridine rings is 1. The van der Waals surface area contributed by atoms with Crippen LogP contribution in [0.25, 0.3) is 10.9 Å². The molecular formula is C14H17N3O3S. The molecule has 21 heavy (non-hydrogen) atoms. The van der Waals surface area contributed by atoms with Crippen molar-refractivity contribution in [1.82, 2.24) is 4.98 Å². The monoisotopic (exact) mass is 307 g/mol. The molecule has 2 rings (SSSR count). The molecule has 1 aromatic heterocycles. The van der Waals surface area contributed by atoms with E-state index in [1.807, 2.05) is 6.92 Å². The third kappa shape index (κ3) is 3.55. The SMILES string of the molecule is CC(CCNc1ccc([N+](=O)[O-])c2cccnc12)S(C)=O. The van der Waals surface area contributed by atoms with Gasteiger partial charge in [0.15, 0.2) is 0 Å². The first kappa shape index (κ1) is 15.4. The summed E-state index contributed by atoms with van der Waals surface area (Å²) in [4.78, 5) is 14.9. The number of nitro benzene ring substituents is 1. The molecule has 0 saturated heterocycles. The van der Waals surface area contributed by atoms with Crippen molar-refractivity contribution in [3.63, 3.8) is 0 Å². The van der Waals surface area contributed by atoms with Crippen LogP contribution in [0.2, 0.25) is 0 Å². The fraction of sp³-hybridized carbons (Fsp3) is 0.357. The van der Waals surface area contributed by atoms with E-state index in [9.17, 15) is 14.3 Å². The third-order valence-electron chi connectivity index (χ3n) is 3.38. The zero-order chi connectivity index (χ0) is 15.4. The maximum absolute atomic E-state index is 11.3. The molecule has 2 atom stereocenters. The first-order chi connectivity index (χ1) is 10.0. The number of rotatable bonds is 6. The first-order valence-electron chi connectivity index (χ1n) is 6.59. The molecule has 112 valence electrons. The van der Waals surface area contributed by atoms with Gasteiger partial charge in [0.1, 0.15) is 5.52 Å². The van der Waals surface area contributed by atoms with Gasteiger partial charge in [-0.15, -0.1) is 0 Å². The average Bonchev–Trinajstić information content (AvgIpc) is 2.46. The number of aromatic nitrogens is 1. The lowest BCUT2D eigenvalue weighted by Gasteiger charge is -2.11. The van der Waals surface area contributed by atoms with Crippen molar-refractivity contribution >= 4 is 33.1 Å². The number of non-ortho nitro benzene ring substituents is 1. The predicted octanol–water partition coefficient (Wildman–Crippen LogP) is 2.71. The second-order valence-corrected chi connectivity index (χ2v) is 6.62. The van der Waals surface area contributed by atoms with Crippen LogP contribution < -0.4 is 5.32 Å². The van der Waals surface area contributed by atoms with Crippen molar-refractivity contribution in [3.05, 3.63) is 40.6 Å². The molecule has 2 unspecified atom stereocenters. The molecule has 2 aromatic rings. The van der Waals surface area contributed by atoms with Crippen LogP contribution in [0, 0.1) is 10.1 Å². The quantitative estimate of drug-likeness (QED) is 0.655. The Balaban J connectivity index is 2.23. The van der Waals surface area contributed by atoms with Gasteiger partial charge in [-0.1, -0.05) is 6.92 Å². The van der Waals surface area contributed by atoms with E-state index in [1.165, 1.54) is 6.07 Å². The lowest BCUT2D eigenvalue weighted by Crippen LogP contribution is -2.15. The lowest BCUT2D eigenvalue weighted by molar-refractivity contribution is -0.383. The Morgan fingerprint density at radius 1 is 1.43 bits per heavy atom. The number of nitro groups is 1. The minimum Gasteiger partial charge on any atom is -0.383 e. The second kappa shape index (κ2) is 6.62. The molecule has 0 fully saturated rings. The van der Waals surface area contributed by atoms with Gasteiger partial charge >= 0.3 is 0 Å². The number of fused-ring (bicyclic) bond motifs is 1. The highest BCUT2D eigenvalue weighted by Gasteiger charge is 2.15. The highest BCUT2D eigenvalue weighted by molar-refractivity contribution is 7.84. The zero-order valence-corrected chi connectivity index (χ0v) is 12.7. The van der Waals surface area contributed by atoms with Crippen LogP contribution in [0.3, 0.4) is 0 Å². The number of hydrogen-bond donors (Lipinski definition) is 1. The summed E-state index contributed by atoms with van der Waals surface area (Å²) in [6, 6.07) is 6.52. The molecule has 1 heterocycles. The summed E-state index contributed by atoms with van der Waals surface area (Å²) in [6.07, 6.45) is 4.06. The average molecular weight is 307 g/mol. The van der Waals surface area contributed by atoms with E-state index in [0.717, 1.165) is 12.1 Å². The van der Waals surface area contributed by atoms with Crippen molar-refractivity contribution in [1.29, 1.82) is 0 Å². The van der Waals surface area contributed by atoms with Gasteiger partial charge in [0.25, 0.3) is 5.69 Å². The van der Waals surface area contributed by atoms with Crippen molar-refractivity contribution in [2.75, 3.05) is 18.1 Å². The molecule has 0 saturated carbocycles. The van der Waals surface area contributed by atoms with Gasteiger partial charge in [0, 0.05) is 41.1 Å². The number of hydrogen-bond acceptors (Lipinski definition) is 5. The summed E-state index contributed by atoms with van der Waals surface area (Å²) in [7, 11) is -0.850. The lowest BCUT2D eigenvalue weighted by atomic mass is 10.1. The summed E-state index contributed by atoms with van der Waals surface area (Å²) in [6.45, 7) is 2.58. The van der Waals surface area contributed by atoms with Gasteiger partial charge in [-0.05, 0) is 24.6 Å². The van der Waals surface area contributed by atoms with Crippen LogP contribution in [-0.2, 0) is 10.8 Å². The highest BCUT2D eigenvalue weighted by Crippen LogP contribution is 2.29. The van der Waals surface area contributed by atoms with E-state index in [2.05, 4.69) is 10.3 Å². The Kier molecular flexibility index (Phi) is 4.85. The fourth-order valence-corrected chi connectivity index (χ4v) is 2.49. The van der Waals surface area contributed by atoms with E-state index >= 15 is 0 Å². The molecule has 0 aliphatic heterocycles. The summed E-state index contributed by atoms with van der Waals surface area (Å²) >= 11 is 0. The maximum atomic E-state index is 11.3. The largest absolute Gasteiger partial charge is 0.383 e. The van der Waals surface area contributed by atoms with Gasteiger partial charge in [-0.3, -0.25) is 19.3 Å². The molecule has 0 aliphatic rings. The molecule has 6 nitrogen and oxygen atoms in total. The van der Waals surface area contributed by atoms with E-state index < -0.39 is 15.7 Å². The van der Waals surface area contributed by atoms with E-state index in [-0.39, 0.29) is 10.9 Å². The zero-order valence-electron chi connectivity index (χ0n) is 11.9. The van der Waals surface area contributed by atoms with Crippen LogP contribution in [0.5, 0.6) is 0 Å². The van der Waals surface area contributed by atoms with Crippen LogP contribution >= 0.6 is 0 Å². The number of benzene rings is 1. The molecule has 0 bridgehead atoms. The summed E-state index contributed by atoms with van der Waals surface area (Å²) in [5.74, 6) is 0. The number of nitrogens with zero attached hydrogens (tertiary/aromatic N) is 2. The van der Waals surface area contributed by atoms with Crippen molar-refractivity contribution in [2.24, 2.45) is 0 Å². The Morgan fingerprint density at radius 2 is 2.19 bits per heavy atom. The van der Waals surface area contributed by atoms with Crippen molar-refractivity contribution in [2.45, 2.75) is 18.6 Å². The summed E-state index contributed by atoms with van der Waals surface area (Å²) in [5, 5.41) is 14.9. The molecule has 1 N–H and O–H groups in total. The van der Waals surface area contributed by atoms with E-state index in [1.54, 1.807) is 30.7 Å². The van der Waals surface area contributed by atoms with Crippen LogP contribution in [-0.4, -0.2) is 32.2 Å². The second-order valence-electron chi connectivity index (χ2n) is 4.81. The Hall–Kier alpha value is -2.02. The Labute approximate surface area is 125 Å². The molecule has 0 spiro atoms. The topological polar surface area (TPSA) is 85.1 Å². The molecule has 1 aromatic carbocycles. The summed E-state index contributed by atoms with van der Waals surface area (Å²) < 4.78 is 11.3. The smallest absolute Gasteiger partial charge is 0.278 e. The number of anilines is 1. The summed E-state index contributed by atoms with van der Waals surface area (Å²) in [5.41, 5.74) is 1.38. The Morgan fingerprint density at radius 3 is 2.86 bits per heavy atom. The fourth-order valence-electron chi connectivity index (χ4n) is 2.04. The van der Waals surface area contributed by atoms with E-state index in [0.29, 0.717) is 17.4 Å². The highest BCUT2D eigenvalue weighted by atomic mass is 32.2. The van der Waals surface area contributed by atoms with Gasteiger partial charge in [-0.25, -0.2) is 0 Å². The molecular weight excluding hydrogens is 290 g/mol. The molecule has 0 aliphatic carbocycles. The van der Waals surface area contributed by atoms with E-state index in [4.69, 9.17) is 0 Å². The Bertz CT molecular complexity index is 690. The minimum atomic E-state index is -0.850. The third-order valence-corrected chi connectivity index (χ3v) is 4.75. The molecule has 0 radical (unpaired) electrons. The van der Waals surface area contributed by atoms with Crippen LogP contribution in [0.15, 0.2) is 30.5 Å². The molecule has 7 heteroatoms. The van der Waals surface area contributed by atoms with Crippen molar-refractivity contribution in [3.8, 4) is 0 Å². The number of nitrogens with one attached hydrogen (secondary N) is 1. The predicted molar refractivity (Wildman–Crippen MR) is 85.0 cm³/mol. The van der Waals surface area contributed by atoms with Crippen molar-refractivity contribution < 1.29 is 9.13 Å². The van der Waals surface area contributed by atoms with Crippen LogP contribution in [0.1, 0.15) is 13.3 Å². The molecule has 0 amide bonds. The normalized spacial score (nSPS) is 13.8. The minimum absolute atomic E-state index is 0.0479. The van der Waals surface area contributed by atoms with Gasteiger partial charge < -0.3 is 5.32 Å². The first-order valence-corrected chi connectivity index (χ1v) is 8.21. The van der Waals surface area contributed by atoms with Gasteiger partial charge in [0.05, 0.1) is 16.0 Å². The standard InChI is InChI=1S/C14H17N3O3S/c1-10(21(2)20)7-9-15-12-5-6-13(17(18)19)11-4-3-8-16-14(11)12/h3-6,8,10,15H,7,9H2,1-2H3.